The molecule has 0 aromatic rings. The van der Waals surface area contributed by atoms with Crippen molar-refractivity contribution in [3.05, 3.63) is 0 Å². The molecule has 0 atom stereocenters. The topological polar surface area (TPSA) is 15.6 Å². The first-order chi connectivity index (χ1) is 5.06. The van der Waals surface area contributed by atoms with Crippen molar-refractivity contribution >= 4 is 5.71 Å². The highest BCUT2D eigenvalue weighted by atomic mass is 19.3. The van der Waals surface area contributed by atoms with E-state index in [4.69, 9.17) is 0 Å². The summed E-state index contributed by atoms with van der Waals surface area (Å²) < 4.78 is 23.6. The molecule has 11 heavy (non-hydrogen) atoms. The molecule has 0 spiro atoms. The Morgan fingerprint density at radius 3 is 2.27 bits per heavy atom. The average Bonchev–Trinajstić information content (AvgIpc) is 1.84. The number of halogens is 2. The number of nitrogens with zero attached hydrogens (tertiary/aromatic N) is 2. The number of rotatable bonds is 4. The van der Waals surface area contributed by atoms with E-state index >= 15 is 0 Å². The summed E-state index contributed by atoms with van der Waals surface area (Å²) in [6.07, 6.45) is -2.31. The molecule has 4 heteroatoms. The van der Waals surface area contributed by atoms with Crippen molar-refractivity contribution in [2.45, 2.75) is 27.2 Å². The Morgan fingerprint density at radius 2 is 2.00 bits per heavy atom. The molecule has 0 aliphatic rings. The number of alkyl halides is 2. The van der Waals surface area contributed by atoms with Crippen LogP contribution < -0.4 is 0 Å². The summed E-state index contributed by atoms with van der Waals surface area (Å²) in [7, 11) is 0. The third-order valence-corrected chi connectivity index (χ3v) is 1.06. The molecular formula is C7H14F2N2. The van der Waals surface area contributed by atoms with Crippen LogP contribution in [0.15, 0.2) is 5.10 Å². The van der Waals surface area contributed by atoms with E-state index in [0.29, 0.717) is 6.54 Å². The van der Waals surface area contributed by atoms with Crippen molar-refractivity contribution in [3.8, 4) is 0 Å². The van der Waals surface area contributed by atoms with Gasteiger partial charge in [-0.2, -0.15) is 5.10 Å². The lowest BCUT2D eigenvalue weighted by Crippen LogP contribution is -2.24. The first kappa shape index (κ1) is 10.3. The Balaban J connectivity index is 3.86. The summed E-state index contributed by atoms with van der Waals surface area (Å²) in [6, 6.07) is 0. The lowest BCUT2D eigenvalue weighted by atomic mass is 10.5. The highest BCUT2D eigenvalue weighted by Crippen LogP contribution is 1.98. The van der Waals surface area contributed by atoms with Crippen LogP contribution in [0.3, 0.4) is 0 Å². The molecule has 0 saturated carbocycles. The van der Waals surface area contributed by atoms with Crippen LogP contribution in [-0.2, 0) is 0 Å². The second-order valence-corrected chi connectivity index (χ2v) is 2.44. The van der Waals surface area contributed by atoms with E-state index in [1.54, 1.807) is 20.8 Å². The maximum atomic E-state index is 11.8. The Bertz CT molecular complexity index is 130. The minimum atomic E-state index is -2.31. The van der Waals surface area contributed by atoms with E-state index in [1.807, 2.05) is 0 Å². The van der Waals surface area contributed by atoms with Gasteiger partial charge in [0.1, 0.15) is 0 Å². The molecule has 66 valence electrons. The second-order valence-electron chi connectivity index (χ2n) is 2.44. The van der Waals surface area contributed by atoms with E-state index in [9.17, 15) is 8.78 Å². The van der Waals surface area contributed by atoms with Gasteiger partial charge in [-0.1, -0.05) is 0 Å². The molecule has 0 heterocycles. The molecule has 0 bridgehead atoms. The summed E-state index contributed by atoms with van der Waals surface area (Å²) in [6.45, 7) is 5.62. The molecule has 0 aromatic carbocycles. The number of hydrogen-bond acceptors (Lipinski definition) is 2. The van der Waals surface area contributed by atoms with Crippen molar-refractivity contribution < 1.29 is 8.78 Å². The Morgan fingerprint density at radius 1 is 1.45 bits per heavy atom. The normalized spacial score (nSPS) is 10.0. The second kappa shape index (κ2) is 5.04. The SMILES string of the molecule is CCN(CC(F)F)N=C(C)C. The summed E-state index contributed by atoms with van der Waals surface area (Å²) in [5.41, 5.74) is 0.799. The van der Waals surface area contributed by atoms with Crippen molar-refractivity contribution in [1.82, 2.24) is 5.01 Å². The molecule has 0 rings (SSSR count). The number of hydrazone groups is 1. The summed E-state index contributed by atoms with van der Waals surface area (Å²) >= 11 is 0. The first-order valence-electron chi connectivity index (χ1n) is 3.61. The van der Waals surface area contributed by atoms with E-state index in [0.717, 1.165) is 5.71 Å². The molecule has 0 aliphatic heterocycles. The van der Waals surface area contributed by atoms with Crippen molar-refractivity contribution in [2.75, 3.05) is 13.1 Å². The highest BCUT2D eigenvalue weighted by molar-refractivity contribution is 5.78. The zero-order valence-corrected chi connectivity index (χ0v) is 7.14. The maximum absolute atomic E-state index is 11.8. The Hall–Kier alpha value is -0.670. The van der Waals surface area contributed by atoms with Crippen molar-refractivity contribution in [1.29, 1.82) is 0 Å². The monoisotopic (exact) mass is 164 g/mol. The van der Waals surface area contributed by atoms with Gasteiger partial charge in [0.25, 0.3) is 6.43 Å². The zero-order valence-electron chi connectivity index (χ0n) is 7.14. The molecule has 2 nitrogen and oxygen atoms in total. The maximum Gasteiger partial charge on any atom is 0.257 e. The van der Waals surface area contributed by atoms with Gasteiger partial charge < -0.3 is 0 Å². The smallest absolute Gasteiger partial charge is 0.257 e. The van der Waals surface area contributed by atoms with Gasteiger partial charge in [-0.3, -0.25) is 5.01 Å². The van der Waals surface area contributed by atoms with E-state index in [-0.39, 0.29) is 6.54 Å². The van der Waals surface area contributed by atoms with Gasteiger partial charge in [0.05, 0.1) is 6.54 Å². The fourth-order valence-corrected chi connectivity index (χ4v) is 0.683. The predicted octanol–water partition coefficient (Wildman–Crippen LogP) is 1.97. The van der Waals surface area contributed by atoms with Gasteiger partial charge in [0.2, 0.25) is 0 Å². The molecule has 0 N–H and O–H groups in total. The van der Waals surface area contributed by atoms with Gasteiger partial charge >= 0.3 is 0 Å². The average molecular weight is 164 g/mol. The fourth-order valence-electron chi connectivity index (χ4n) is 0.683. The molecule has 0 saturated heterocycles. The van der Waals surface area contributed by atoms with Gasteiger partial charge in [-0.05, 0) is 20.8 Å². The van der Waals surface area contributed by atoms with Crippen LogP contribution in [0.25, 0.3) is 0 Å². The predicted molar refractivity (Wildman–Crippen MR) is 42.0 cm³/mol. The largest absolute Gasteiger partial charge is 0.292 e. The van der Waals surface area contributed by atoms with Gasteiger partial charge in [-0.15, -0.1) is 0 Å². The highest BCUT2D eigenvalue weighted by Gasteiger charge is 2.06. The van der Waals surface area contributed by atoms with E-state index < -0.39 is 6.43 Å². The lowest BCUT2D eigenvalue weighted by Gasteiger charge is -2.16. The molecule has 0 unspecified atom stereocenters. The summed E-state index contributed by atoms with van der Waals surface area (Å²) in [5.74, 6) is 0. The van der Waals surface area contributed by atoms with Crippen LogP contribution in [-0.4, -0.2) is 30.2 Å². The summed E-state index contributed by atoms with van der Waals surface area (Å²) in [4.78, 5) is 0. The van der Waals surface area contributed by atoms with E-state index in [1.165, 1.54) is 5.01 Å². The van der Waals surface area contributed by atoms with Gasteiger partial charge in [0.15, 0.2) is 0 Å². The quantitative estimate of drug-likeness (QED) is 0.458. The Kier molecular flexibility index (Phi) is 4.74. The molecule has 0 aromatic heterocycles. The third kappa shape index (κ3) is 5.76. The minimum absolute atomic E-state index is 0.276. The van der Waals surface area contributed by atoms with Crippen LogP contribution in [0.4, 0.5) is 8.78 Å². The fraction of sp³-hybridized carbons (Fsp3) is 0.857. The van der Waals surface area contributed by atoms with Crippen LogP contribution in [0, 0.1) is 0 Å². The van der Waals surface area contributed by atoms with Crippen molar-refractivity contribution in [3.63, 3.8) is 0 Å². The van der Waals surface area contributed by atoms with Gasteiger partial charge in [-0.25, -0.2) is 8.78 Å². The lowest BCUT2D eigenvalue weighted by molar-refractivity contribution is 0.0925. The van der Waals surface area contributed by atoms with Crippen LogP contribution >= 0.6 is 0 Å². The van der Waals surface area contributed by atoms with Gasteiger partial charge in [0, 0.05) is 12.3 Å². The minimum Gasteiger partial charge on any atom is -0.292 e. The number of hydrogen-bond donors (Lipinski definition) is 0. The van der Waals surface area contributed by atoms with Crippen LogP contribution in [0.2, 0.25) is 0 Å². The molecule has 0 aliphatic carbocycles. The van der Waals surface area contributed by atoms with Crippen LogP contribution in [0.5, 0.6) is 0 Å². The van der Waals surface area contributed by atoms with Crippen LogP contribution in [0.1, 0.15) is 20.8 Å². The first-order valence-corrected chi connectivity index (χ1v) is 3.61. The molecule has 0 fully saturated rings. The Labute approximate surface area is 65.9 Å². The standard InChI is InChI=1S/C7H14F2N2/c1-4-11(5-7(8)9)10-6(2)3/h7H,4-5H2,1-3H3. The zero-order chi connectivity index (χ0) is 8.85. The van der Waals surface area contributed by atoms with Crippen molar-refractivity contribution in [2.24, 2.45) is 5.10 Å². The molecular weight excluding hydrogens is 150 g/mol. The molecule has 0 amide bonds. The summed E-state index contributed by atoms with van der Waals surface area (Å²) in [5, 5.41) is 5.27. The third-order valence-electron chi connectivity index (χ3n) is 1.06. The molecule has 0 radical (unpaired) electrons. The van der Waals surface area contributed by atoms with E-state index in [2.05, 4.69) is 5.10 Å².